The number of hydrogen-bond acceptors (Lipinski definition) is 4. The first-order valence-electron chi connectivity index (χ1n) is 5.40. The third-order valence-corrected chi connectivity index (χ3v) is 2.56. The van der Waals surface area contributed by atoms with E-state index in [1.54, 1.807) is 25.2 Å². The maximum atomic E-state index is 11.0. The molecule has 4 N–H and O–H groups in total. The number of amides is 1. The standard InChI is InChI=1S/C12H18N2O3/c1-14-12(16)6-4-10(15)8-3-5-11(17-2)9(13)7-8/h3,5,7,10,15H,4,6,13H2,1-2H3,(H,14,16). The predicted molar refractivity (Wildman–Crippen MR) is 65.7 cm³/mol. The average Bonchev–Trinajstić information content (AvgIpc) is 2.35. The van der Waals surface area contributed by atoms with Crippen molar-refractivity contribution >= 4 is 11.6 Å². The molecule has 1 rings (SSSR count). The van der Waals surface area contributed by atoms with Gasteiger partial charge in [-0.15, -0.1) is 0 Å². The van der Waals surface area contributed by atoms with Gasteiger partial charge in [0.05, 0.1) is 18.9 Å². The number of aliphatic hydroxyl groups is 1. The number of rotatable bonds is 5. The fourth-order valence-electron chi connectivity index (χ4n) is 1.52. The summed E-state index contributed by atoms with van der Waals surface area (Å²) in [6, 6.07) is 5.10. The highest BCUT2D eigenvalue weighted by molar-refractivity contribution is 5.75. The molecule has 0 saturated carbocycles. The van der Waals surface area contributed by atoms with Gasteiger partial charge in [0.1, 0.15) is 5.75 Å². The quantitative estimate of drug-likeness (QED) is 0.663. The van der Waals surface area contributed by atoms with Crippen LogP contribution in [0.25, 0.3) is 0 Å². The van der Waals surface area contributed by atoms with E-state index in [1.165, 1.54) is 7.11 Å². The molecule has 5 nitrogen and oxygen atoms in total. The van der Waals surface area contributed by atoms with Gasteiger partial charge in [-0.2, -0.15) is 0 Å². The average molecular weight is 238 g/mol. The van der Waals surface area contributed by atoms with Crippen molar-refractivity contribution in [1.82, 2.24) is 5.32 Å². The summed E-state index contributed by atoms with van der Waals surface area (Å²) in [5.74, 6) is 0.484. The van der Waals surface area contributed by atoms with Crippen LogP contribution < -0.4 is 15.8 Å². The lowest BCUT2D eigenvalue weighted by Gasteiger charge is -2.12. The number of carbonyl (C=O) groups excluding carboxylic acids is 1. The maximum absolute atomic E-state index is 11.0. The van der Waals surface area contributed by atoms with Crippen LogP contribution in [-0.2, 0) is 4.79 Å². The lowest BCUT2D eigenvalue weighted by Crippen LogP contribution is -2.18. The minimum atomic E-state index is -0.694. The molecule has 0 fully saturated rings. The molecule has 1 atom stereocenters. The molecule has 5 heteroatoms. The number of ether oxygens (including phenoxy) is 1. The molecule has 0 heterocycles. The normalized spacial score (nSPS) is 11.9. The molecule has 0 spiro atoms. The molecule has 0 bridgehead atoms. The van der Waals surface area contributed by atoms with Crippen LogP contribution in [0.4, 0.5) is 5.69 Å². The van der Waals surface area contributed by atoms with E-state index in [9.17, 15) is 9.90 Å². The topological polar surface area (TPSA) is 84.6 Å². The van der Waals surface area contributed by atoms with Gasteiger partial charge in [0.2, 0.25) is 5.91 Å². The summed E-state index contributed by atoms with van der Waals surface area (Å²) in [4.78, 5) is 11.0. The van der Waals surface area contributed by atoms with Gasteiger partial charge in [0.25, 0.3) is 0 Å². The van der Waals surface area contributed by atoms with Crippen molar-refractivity contribution in [2.45, 2.75) is 18.9 Å². The zero-order valence-electron chi connectivity index (χ0n) is 10.1. The molecule has 1 aromatic carbocycles. The SMILES string of the molecule is CNC(=O)CCC(O)c1ccc(OC)c(N)c1. The van der Waals surface area contributed by atoms with Crippen molar-refractivity contribution in [1.29, 1.82) is 0 Å². The first-order valence-corrected chi connectivity index (χ1v) is 5.40. The van der Waals surface area contributed by atoms with Crippen LogP contribution in [0.5, 0.6) is 5.75 Å². The van der Waals surface area contributed by atoms with Crippen LogP contribution >= 0.6 is 0 Å². The number of hydrogen-bond donors (Lipinski definition) is 3. The molecular weight excluding hydrogens is 220 g/mol. The van der Waals surface area contributed by atoms with Gasteiger partial charge >= 0.3 is 0 Å². The summed E-state index contributed by atoms with van der Waals surface area (Å²) in [5.41, 5.74) is 6.90. The maximum Gasteiger partial charge on any atom is 0.219 e. The number of anilines is 1. The molecule has 0 aliphatic carbocycles. The van der Waals surface area contributed by atoms with E-state index in [1.807, 2.05) is 0 Å². The van der Waals surface area contributed by atoms with Crippen LogP contribution in [0.1, 0.15) is 24.5 Å². The highest BCUT2D eigenvalue weighted by Gasteiger charge is 2.11. The zero-order chi connectivity index (χ0) is 12.8. The molecule has 1 unspecified atom stereocenters. The Balaban J connectivity index is 2.66. The summed E-state index contributed by atoms with van der Waals surface area (Å²) in [6.07, 6.45) is -0.0461. The fourth-order valence-corrected chi connectivity index (χ4v) is 1.52. The summed E-state index contributed by atoms with van der Waals surface area (Å²) in [5, 5.41) is 12.4. The van der Waals surface area contributed by atoms with Crippen molar-refractivity contribution in [3.8, 4) is 5.75 Å². The highest BCUT2D eigenvalue weighted by atomic mass is 16.5. The fraction of sp³-hybridized carbons (Fsp3) is 0.417. The molecule has 1 amide bonds. The van der Waals surface area contributed by atoms with Crippen molar-refractivity contribution in [2.24, 2.45) is 0 Å². The smallest absolute Gasteiger partial charge is 0.219 e. The Bertz CT molecular complexity index is 393. The van der Waals surface area contributed by atoms with Crippen LogP contribution in [0, 0.1) is 0 Å². The number of benzene rings is 1. The van der Waals surface area contributed by atoms with Gasteiger partial charge in [-0.25, -0.2) is 0 Å². The summed E-state index contributed by atoms with van der Waals surface area (Å²) >= 11 is 0. The number of nitrogen functional groups attached to an aromatic ring is 1. The van der Waals surface area contributed by atoms with Crippen LogP contribution in [-0.4, -0.2) is 25.2 Å². The minimum Gasteiger partial charge on any atom is -0.495 e. The van der Waals surface area contributed by atoms with Gasteiger partial charge in [-0.1, -0.05) is 6.07 Å². The summed E-state index contributed by atoms with van der Waals surface area (Å²) in [6.45, 7) is 0. The second kappa shape index (κ2) is 6.10. The van der Waals surface area contributed by atoms with Crippen LogP contribution in [0.15, 0.2) is 18.2 Å². The number of nitrogens with one attached hydrogen (secondary N) is 1. The van der Waals surface area contributed by atoms with Crippen LogP contribution in [0.2, 0.25) is 0 Å². The van der Waals surface area contributed by atoms with Gasteiger partial charge in [-0.05, 0) is 24.1 Å². The Labute approximate surface area is 101 Å². The molecule has 94 valence electrons. The lowest BCUT2D eigenvalue weighted by molar-refractivity contribution is -0.121. The van der Waals surface area contributed by atoms with E-state index in [0.29, 0.717) is 23.4 Å². The lowest BCUT2D eigenvalue weighted by atomic mass is 10.0. The molecule has 0 aliphatic heterocycles. The second-order valence-electron chi connectivity index (χ2n) is 3.73. The van der Waals surface area contributed by atoms with E-state index < -0.39 is 6.10 Å². The van der Waals surface area contributed by atoms with E-state index >= 15 is 0 Å². The molecule has 0 aliphatic rings. The first kappa shape index (κ1) is 13.3. The molecule has 0 aromatic heterocycles. The third-order valence-electron chi connectivity index (χ3n) is 2.56. The molecule has 0 saturated heterocycles. The van der Waals surface area contributed by atoms with E-state index in [4.69, 9.17) is 10.5 Å². The van der Waals surface area contributed by atoms with Gasteiger partial charge in [0, 0.05) is 13.5 Å². The number of aliphatic hydroxyl groups excluding tert-OH is 1. The molecule has 0 radical (unpaired) electrons. The van der Waals surface area contributed by atoms with Gasteiger partial charge < -0.3 is 20.9 Å². The Morgan fingerprint density at radius 1 is 1.59 bits per heavy atom. The predicted octanol–water partition coefficient (Wildman–Crippen LogP) is 0.837. The number of methoxy groups -OCH3 is 1. The molecule has 1 aromatic rings. The number of carbonyl (C=O) groups is 1. The summed E-state index contributed by atoms with van der Waals surface area (Å²) < 4.78 is 5.02. The third kappa shape index (κ3) is 3.64. The highest BCUT2D eigenvalue weighted by Crippen LogP contribution is 2.27. The Kier molecular flexibility index (Phi) is 4.78. The van der Waals surface area contributed by atoms with E-state index in [2.05, 4.69) is 5.32 Å². The minimum absolute atomic E-state index is 0.0921. The largest absolute Gasteiger partial charge is 0.495 e. The second-order valence-corrected chi connectivity index (χ2v) is 3.73. The monoisotopic (exact) mass is 238 g/mol. The van der Waals surface area contributed by atoms with Crippen molar-refractivity contribution in [3.63, 3.8) is 0 Å². The Morgan fingerprint density at radius 3 is 2.82 bits per heavy atom. The zero-order valence-corrected chi connectivity index (χ0v) is 10.1. The summed E-state index contributed by atoms with van der Waals surface area (Å²) in [7, 11) is 3.10. The Hall–Kier alpha value is -1.75. The van der Waals surface area contributed by atoms with Crippen molar-refractivity contribution in [3.05, 3.63) is 23.8 Å². The van der Waals surface area contributed by atoms with Gasteiger partial charge in [0.15, 0.2) is 0 Å². The van der Waals surface area contributed by atoms with Crippen molar-refractivity contribution in [2.75, 3.05) is 19.9 Å². The van der Waals surface area contributed by atoms with E-state index in [-0.39, 0.29) is 12.3 Å². The van der Waals surface area contributed by atoms with Gasteiger partial charge in [-0.3, -0.25) is 4.79 Å². The molecule has 17 heavy (non-hydrogen) atoms. The molecular formula is C12H18N2O3. The Morgan fingerprint density at radius 2 is 2.29 bits per heavy atom. The van der Waals surface area contributed by atoms with E-state index in [0.717, 1.165) is 0 Å². The van der Waals surface area contributed by atoms with Crippen LogP contribution in [0.3, 0.4) is 0 Å². The first-order chi connectivity index (χ1) is 8.08. The van der Waals surface area contributed by atoms with Crippen molar-refractivity contribution < 1.29 is 14.6 Å². The number of nitrogens with two attached hydrogens (primary N) is 1.